The molecule has 0 aliphatic rings. The van der Waals surface area contributed by atoms with E-state index in [0.717, 1.165) is 0 Å². The molecule has 0 fully saturated rings. The Bertz CT molecular complexity index is 360. The van der Waals surface area contributed by atoms with Crippen LogP contribution in [0.1, 0.15) is 32.2 Å². The molecular formula is C8H14NO4P. The molecule has 0 aromatic carbocycles. The van der Waals surface area contributed by atoms with E-state index in [9.17, 15) is 4.57 Å². The van der Waals surface area contributed by atoms with Crippen molar-refractivity contribution in [1.82, 2.24) is 5.16 Å². The molecule has 0 saturated heterocycles. The van der Waals surface area contributed by atoms with Gasteiger partial charge in [0.25, 0.3) is 0 Å². The van der Waals surface area contributed by atoms with Gasteiger partial charge in [-0.1, -0.05) is 25.9 Å². The van der Waals surface area contributed by atoms with Gasteiger partial charge in [0.2, 0.25) is 0 Å². The second-order valence-corrected chi connectivity index (χ2v) is 5.90. The van der Waals surface area contributed by atoms with E-state index in [2.05, 4.69) is 5.16 Å². The number of hydrogen-bond acceptors (Lipinski definition) is 3. The number of aromatic nitrogens is 1. The van der Waals surface area contributed by atoms with E-state index in [-0.39, 0.29) is 11.2 Å². The van der Waals surface area contributed by atoms with E-state index in [1.54, 1.807) is 6.07 Å². The first-order chi connectivity index (χ1) is 6.18. The molecule has 14 heavy (non-hydrogen) atoms. The number of nitrogens with zero attached hydrogens (tertiary/aromatic N) is 1. The summed E-state index contributed by atoms with van der Waals surface area (Å²) < 4.78 is 15.5. The van der Waals surface area contributed by atoms with Crippen molar-refractivity contribution in [3.05, 3.63) is 17.5 Å². The van der Waals surface area contributed by atoms with E-state index >= 15 is 0 Å². The van der Waals surface area contributed by atoms with E-state index in [1.165, 1.54) is 0 Å². The van der Waals surface area contributed by atoms with Crippen LogP contribution in [0.4, 0.5) is 0 Å². The van der Waals surface area contributed by atoms with Gasteiger partial charge in [-0.05, 0) is 0 Å². The second-order valence-electron chi connectivity index (χ2n) is 4.25. The Morgan fingerprint density at radius 3 is 2.43 bits per heavy atom. The SMILES string of the molecule is CC(C)(C)c1cc(CP(=O)(O)O)on1. The second kappa shape index (κ2) is 3.50. The van der Waals surface area contributed by atoms with Gasteiger partial charge >= 0.3 is 7.60 Å². The van der Waals surface area contributed by atoms with Crippen molar-refractivity contribution in [3.8, 4) is 0 Å². The van der Waals surface area contributed by atoms with E-state index in [0.29, 0.717) is 5.69 Å². The van der Waals surface area contributed by atoms with Crippen molar-refractivity contribution >= 4 is 7.60 Å². The summed E-state index contributed by atoms with van der Waals surface area (Å²) in [6.07, 6.45) is -0.393. The molecule has 0 unspecified atom stereocenters. The summed E-state index contributed by atoms with van der Waals surface area (Å²) >= 11 is 0. The average Bonchev–Trinajstić information content (AvgIpc) is 2.29. The van der Waals surface area contributed by atoms with Crippen LogP contribution in [0.25, 0.3) is 0 Å². The molecule has 0 saturated carbocycles. The van der Waals surface area contributed by atoms with Gasteiger partial charge in [0.15, 0.2) is 0 Å². The Hall–Kier alpha value is -0.640. The van der Waals surface area contributed by atoms with Crippen LogP contribution in [0.15, 0.2) is 10.6 Å². The predicted octanol–water partition coefficient (Wildman–Crippen LogP) is 1.65. The zero-order chi connectivity index (χ0) is 11.0. The van der Waals surface area contributed by atoms with Crippen molar-refractivity contribution in [2.24, 2.45) is 0 Å². The Balaban J connectivity index is 2.85. The third-order valence-corrected chi connectivity index (χ3v) is 2.41. The zero-order valence-corrected chi connectivity index (χ0v) is 9.28. The smallest absolute Gasteiger partial charge is 0.333 e. The van der Waals surface area contributed by atoms with Gasteiger partial charge in [-0.25, -0.2) is 0 Å². The summed E-state index contributed by atoms with van der Waals surface area (Å²) in [7, 11) is -4.06. The minimum atomic E-state index is -4.06. The summed E-state index contributed by atoms with van der Waals surface area (Å²) in [5.74, 6) is 0.225. The Morgan fingerprint density at radius 1 is 1.50 bits per heavy atom. The Kier molecular flexibility index (Phi) is 2.86. The topological polar surface area (TPSA) is 83.6 Å². The summed E-state index contributed by atoms with van der Waals surface area (Å²) in [5.41, 5.74) is 0.525. The zero-order valence-electron chi connectivity index (χ0n) is 8.39. The first kappa shape index (κ1) is 11.4. The van der Waals surface area contributed by atoms with Gasteiger partial charge < -0.3 is 14.3 Å². The molecule has 1 rings (SSSR count). The molecule has 2 N–H and O–H groups in total. The fraction of sp³-hybridized carbons (Fsp3) is 0.625. The molecule has 6 heteroatoms. The highest BCUT2D eigenvalue weighted by atomic mass is 31.2. The maximum atomic E-state index is 10.7. The van der Waals surface area contributed by atoms with Gasteiger partial charge in [-0.15, -0.1) is 0 Å². The average molecular weight is 219 g/mol. The van der Waals surface area contributed by atoms with Crippen LogP contribution < -0.4 is 0 Å². The van der Waals surface area contributed by atoms with E-state index < -0.39 is 13.8 Å². The van der Waals surface area contributed by atoms with Crippen LogP contribution >= 0.6 is 7.60 Å². The third-order valence-electron chi connectivity index (χ3n) is 1.69. The lowest BCUT2D eigenvalue weighted by atomic mass is 9.92. The van der Waals surface area contributed by atoms with Gasteiger partial charge in [0.05, 0.1) is 5.69 Å². The molecule has 0 atom stereocenters. The standard InChI is InChI=1S/C8H14NO4P/c1-8(2,3)7-4-6(13-9-7)5-14(10,11)12/h4H,5H2,1-3H3,(H2,10,11,12). The molecule has 80 valence electrons. The maximum absolute atomic E-state index is 10.7. The summed E-state index contributed by atoms with van der Waals surface area (Å²) in [6, 6.07) is 1.58. The number of hydrogen-bond donors (Lipinski definition) is 2. The van der Waals surface area contributed by atoms with E-state index in [1.807, 2.05) is 20.8 Å². The quantitative estimate of drug-likeness (QED) is 0.739. The van der Waals surface area contributed by atoms with Crippen molar-refractivity contribution in [1.29, 1.82) is 0 Å². The minimum Gasteiger partial charge on any atom is -0.360 e. The highest BCUT2D eigenvalue weighted by Gasteiger charge is 2.22. The third kappa shape index (κ3) is 3.25. The Labute approximate surface area is 82.3 Å². The number of rotatable bonds is 2. The molecule has 0 amide bonds. The lowest BCUT2D eigenvalue weighted by Crippen LogP contribution is -2.10. The lowest BCUT2D eigenvalue weighted by molar-refractivity contribution is 0.345. The van der Waals surface area contributed by atoms with Crippen molar-refractivity contribution in [2.45, 2.75) is 32.3 Å². The summed E-state index contributed by atoms with van der Waals surface area (Å²) in [4.78, 5) is 17.4. The minimum absolute atomic E-state index is 0.170. The van der Waals surface area contributed by atoms with Crippen LogP contribution in [-0.4, -0.2) is 14.9 Å². The van der Waals surface area contributed by atoms with Crippen LogP contribution in [0.5, 0.6) is 0 Å². The van der Waals surface area contributed by atoms with Crippen molar-refractivity contribution in [2.75, 3.05) is 0 Å². The predicted molar refractivity (Wildman–Crippen MR) is 51.0 cm³/mol. The molecular weight excluding hydrogens is 205 g/mol. The molecule has 0 aliphatic heterocycles. The first-order valence-electron chi connectivity index (χ1n) is 4.19. The van der Waals surface area contributed by atoms with Crippen LogP contribution in [0, 0.1) is 0 Å². The fourth-order valence-corrected chi connectivity index (χ4v) is 1.50. The lowest BCUT2D eigenvalue weighted by Gasteiger charge is -2.12. The molecule has 0 spiro atoms. The molecule has 0 radical (unpaired) electrons. The van der Waals surface area contributed by atoms with Crippen LogP contribution in [-0.2, 0) is 16.1 Å². The van der Waals surface area contributed by atoms with Gasteiger partial charge in [0, 0.05) is 11.5 Å². The van der Waals surface area contributed by atoms with Crippen molar-refractivity contribution in [3.63, 3.8) is 0 Å². The Morgan fingerprint density at radius 2 is 2.07 bits per heavy atom. The normalized spacial score (nSPS) is 13.2. The largest absolute Gasteiger partial charge is 0.360 e. The molecule has 1 aromatic heterocycles. The monoisotopic (exact) mass is 219 g/mol. The highest BCUT2D eigenvalue weighted by molar-refractivity contribution is 7.50. The molecule has 0 aliphatic carbocycles. The van der Waals surface area contributed by atoms with E-state index in [4.69, 9.17) is 14.3 Å². The maximum Gasteiger partial charge on any atom is 0.333 e. The highest BCUT2D eigenvalue weighted by Crippen LogP contribution is 2.39. The molecule has 0 bridgehead atoms. The van der Waals surface area contributed by atoms with Gasteiger partial charge in [0.1, 0.15) is 11.9 Å². The summed E-state index contributed by atoms with van der Waals surface area (Å²) in [6.45, 7) is 5.85. The van der Waals surface area contributed by atoms with Gasteiger partial charge in [-0.3, -0.25) is 4.57 Å². The van der Waals surface area contributed by atoms with Crippen LogP contribution in [0.2, 0.25) is 0 Å². The summed E-state index contributed by atoms with van der Waals surface area (Å²) in [5, 5.41) is 3.75. The fourth-order valence-electron chi connectivity index (χ4n) is 0.944. The molecule has 5 nitrogen and oxygen atoms in total. The first-order valence-corrected chi connectivity index (χ1v) is 5.99. The van der Waals surface area contributed by atoms with Gasteiger partial charge in [-0.2, -0.15) is 0 Å². The van der Waals surface area contributed by atoms with Crippen molar-refractivity contribution < 1.29 is 18.9 Å². The molecule has 1 heterocycles. The molecule has 1 aromatic rings. The van der Waals surface area contributed by atoms with Crippen LogP contribution in [0.3, 0.4) is 0 Å².